The first-order chi connectivity index (χ1) is 6.60. The maximum Gasteiger partial charge on any atom is 0.133 e. The Morgan fingerprint density at radius 3 is 1.14 bits per heavy atom. The molecule has 3 heteroatoms. The van der Waals surface area contributed by atoms with Crippen molar-refractivity contribution in [1.82, 2.24) is 0 Å². The average Bonchev–Trinajstić information content (AvgIpc) is 2.20. The van der Waals surface area contributed by atoms with Crippen LogP contribution < -0.4 is 0 Å². The van der Waals surface area contributed by atoms with Gasteiger partial charge in [0.25, 0.3) is 0 Å². The average molecular weight is 194 g/mol. The zero-order chi connectivity index (χ0) is 11.8. The van der Waals surface area contributed by atoms with Gasteiger partial charge in [-0.05, 0) is 0 Å². The molecule has 0 amide bonds. The van der Waals surface area contributed by atoms with Crippen molar-refractivity contribution in [2.24, 2.45) is 0 Å². The molecule has 14 heavy (non-hydrogen) atoms. The Labute approximate surface area is 95.2 Å². The van der Waals surface area contributed by atoms with Gasteiger partial charge in [-0.15, -0.1) is 0 Å². The molecule has 0 unspecified atom stereocenters. The van der Waals surface area contributed by atoms with Crippen molar-refractivity contribution < 1.29 is 0 Å². The van der Waals surface area contributed by atoms with Crippen LogP contribution in [0.2, 0.25) is 45.7 Å². The summed E-state index contributed by atoms with van der Waals surface area (Å²) in [4.78, 5) is 0. The van der Waals surface area contributed by atoms with Gasteiger partial charge in [-0.1, -0.05) is 73.4 Å². The van der Waals surface area contributed by atoms with Crippen LogP contribution in [0.5, 0.6) is 0 Å². The summed E-state index contributed by atoms with van der Waals surface area (Å²) >= 11 is 0. The Bertz CT molecular complexity index is 61.6. The van der Waals surface area contributed by atoms with E-state index in [9.17, 15) is 0 Å². The van der Waals surface area contributed by atoms with Crippen LogP contribution in [0.15, 0.2) is 0 Å². The molecular formula is C11H29B3. The second-order valence-electron chi connectivity index (χ2n) is 3.72. The standard InChI is InChI=1S/C4H11B.C4H10B.C3H8B/c1-4-5(2)3;1-3-5-4-2;1-3-4-2/h4H2,1-3H3;3-4H2,1-2H3;3H2,1-2H3. The molecule has 82 valence electrons. The highest BCUT2D eigenvalue weighted by Gasteiger charge is 1.86. The topological polar surface area (TPSA) is 0 Å². The molecule has 0 rings (SSSR count). The Morgan fingerprint density at radius 1 is 0.857 bits per heavy atom. The van der Waals surface area contributed by atoms with Crippen LogP contribution in [0.25, 0.3) is 0 Å². The lowest BCUT2D eigenvalue weighted by Crippen LogP contribution is -1.92. The Morgan fingerprint density at radius 2 is 1.14 bits per heavy atom. The molecule has 0 aromatic rings. The minimum atomic E-state index is 0.884. The fraction of sp³-hybridized carbons (Fsp3) is 1.00. The predicted molar refractivity (Wildman–Crippen MR) is 76.8 cm³/mol. The molecule has 0 aromatic carbocycles. The highest BCUT2D eigenvalue weighted by Crippen LogP contribution is 1.83. The third kappa shape index (κ3) is 56.6. The van der Waals surface area contributed by atoms with Gasteiger partial charge in [-0.2, -0.15) is 0 Å². The second-order valence-corrected chi connectivity index (χ2v) is 3.72. The van der Waals surface area contributed by atoms with Crippen molar-refractivity contribution in [2.75, 3.05) is 0 Å². The largest absolute Gasteiger partial charge is 0.133 e. The molecular weight excluding hydrogens is 165 g/mol. The molecule has 0 atom stereocenters. The summed E-state index contributed by atoms with van der Waals surface area (Å²) in [6.45, 7) is 16.0. The third-order valence-corrected chi connectivity index (χ3v) is 1.80. The first-order valence-corrected chi connectivity index (χ1v) is 6.19. The van der Waals surface area contributed by atoms with E-state index in [1.54, 1.807) is 0 Å². The summed E-state index contributed by atoms with van der Waals surface area (Å²) in [5, 5.41) is 0. The molecule has 0 N–H and O–H groups in total. The SMILES string of the molecule is CCB(C)C.CC[B]CC.C[B]CC. The fourth-order valence-electron chi connectivity index (χ4n) is 0.289. The summed E-state index contributed by atoms with van der Waals surface area (Å²) in [7, 11) is 4.38. The maximum absolute atomic E-state index is 2.25. The van der Waals surface area contributed by atoms with Gasteiger partial charge >= 0.3 is 0 Å². The van der Waals surface area contributed by atoms with E-state index in [2.05, 4.69) is 62.7 Å². The third-order valence-electron chi connectivity index (χ3n) is 1.80. The molecule has 0 fully saturated rings. The van der Waals surface area contributed by atoms with E-state index >= 15 is 0 Å². The van der Waals surface area contributed by atoms with E-state index in [1.165, 1.54) is 25.3 Å². The van der Waals surface area contributed by atoms with Gasteiger partial charge in [0.15, 0.2) is 0 Å². The lowest BCUT2D eigenvalue weighted by atomic mass is 9.53. The molecule has 0 saturated heterocycles. The van der Waals surface area contributed by atoms with Crippen LogP contribution in [0.1, 0.15) is 27.7 Å². The normalized spacial score (nSPS) is 7.36. The first-order valence-electron chi connectivity index (χ1n) is 6.19. The molecule has 0 aromatic heterocycles. The quantitative estimate of drug-likeness (QED) is 0.577. The number of rotatable bonds is 4. The lowest BCUT2D eigenvalue weighted by molar-refractivity contribution is 1.36. The molecule has 0 aliphatic rings. The smallest absolute Gasteiger partial charge is 0.0920 e. The van der Waals surface area contributed by atoms with E-state index < -0.39 is 0 Å². The van der Waals surface area contributed by atoms with Gasteiger partial charge in [0.1, 0.15) is 21.3 Å². The van der Waals surface area contributed by atoms with Crippen LogP contribution in [0.3, 0.4) is 0 Å². The summed E-state index contributed by atoms with van der Waals surface area (Å²) in [6, 6.07) is 0. The van der Waals surface area contributed by atoms with Crippen molar-refractivity contribution in [3.63, 3.8) is 0 Å². The zero-order valence-electron chi connectivity index (χ0n) is 11.6. The van der Waals surface area contributed by atoms with Crippen molar-refractivity contribution in [2.45, 2.75) is 73.4 Å². The van der Waals surface area contributed by atoms with Crippen LogP contribution in [0, 0.1) is 0 Å². The Balaban J connectivity index is -0.000000131. The summed E-state index contributed by atoms with van der Waals surface area (Å²) in [5.41, 5.74) is 0. The van der Waals surface area contributed by atoms with Gasteiger partial charge in [0.05, 0.1) is 0 Å². The minimum absolute atomic E-state index is 0.884. The molecule has 0 saturated carbocycles. The van der Waals surface area contributed by atoms with E-state index in [0.717, 1.165) is 6.71 Å². The first kappa shape index (κ1) is 19.7. The van der Waals surface area contributed by atoms with Gasteiger partial charge in [0.2, 0.25) is 0 Å². The van der Waals surface area contributed by atoms with Crippen LogP contribution >= 0.6 is 0 Å². The number of hydrogen-bond acceptors (Lipinski definition) is 0. The molecule has 0 bridgehead atoms. The highest BCUT2D eigenvalue weighted by atomic mass is 13.5. The van der Waals surface area contributed by atoms with Crippen molar-refractivity contribution in [1.29, 1.82) is 0 Å². The summed E-state index contributed by atoms with van der Waals surface area (Å²) in [5.74, 6) is 0. The lowest BCUT2D eigenvalue weighted by Gasteiger charge is -1.84. The molecule has 0 heterocycles. The van der Waals surface area contributed by atoms with Crippen molar-refractivity contribution in [3.8, 4) is 0 Å². The molecule has 2 radical (unpaired) electrons. The summed E-state index contributed by atoms with van der Waals surface area (Å²) in [6.07, 6.45) is 4.94. The molecule has 0 aliphatic heterocycles. The van der Waals surface area contributed by atoms with E-state index in [4.69, 9.17) is 0 Å². The van der Waals surface area contributed by atoms with E-state index in [1.807, 2.05) is 0 Å². The Hall–Kier alpha value is 0.195. The maximum atomic E-state index is 2.25. The molecule has 0 aliphatic carbocycles. The van der Waals surface area contributed by atoms with E-state index in [-0.39, 0.29) is 0 Å². The summed E-state index contributed by atoms with van der Waals surface area (Å²) < 4.78 is 0. The van der Waals surface area contributed by atoms with Gasteiger partial charge < -0.3 is 0 Å². The minimum Gasteiger partial charge on any atom is -0.0920 e. The van der Waals surface area contributed by atoms with Gasteiger partial charge in [0, 0.05) is 0 Å². The van der Waals surface area contributed by atoms with E-state index in [0.29, 0.717) is 0 Å². The van der Waals surface area contributed by atoms with Gasteiger partial charge in [-0.25, -0.2) is 0 Å². The van der Waals surface area contributed by atoms with Crippen LogP contribution in [-0.2, 0) is 0 Å². The van der Waals surface area contributed by atoms with Crippen molar-refractivity contribution in [3.05, 3.63) is 0 Å². The predicted octanol–water partition coefficient (Wildman–Crippen LogP) is 4.50. The van der Waals surface area contributed by atoms with Crippen LogP contribution in [-0.4, -0.2) is 21.3 Å². The van der Waals surface area contributed by atoms with Gasteiger partial charge in [-0.3, -0.25) is 0 Å². The highest BCUT2D eigenvalue weighted by molar-refractivity contribution is 6.55. The van der Waals surface area contributed by atoms with Crippen molar-refractivity contribution >= 4 is 21.3 Å². The molecule has 0 spiro atoms. The monoisotopic (exact) mass is 194 g/mol. The second kappa shape index (κ2) is 23.2. The fourth-order valence-corrected chi connectivity index (χ4v) is 0.289. The number of hydrogen-bond donors (Lipinski definition) is 0. The zero-order valence-corrected chi connectivity index (χ0v) is 11.6. The molecule has 0 nitrogen and oxygen atoms in total. The Kier molecular flexibility index (Phi) is 32.7. The van der Waals surface area contributed by atoms with Crippen LogP contribution in [0.4, 0.5) is 0 Å².